The van der Waals surface area contributed by atoms with Crippen molar-refractivity contribution in [2.24, 2.45) is 5.73 Å². The second-order valence-electron chi connectivity index (χ2n) is 3.20. The van der Waals surface area contributed by atoms with E-state index in [1.807, 2.05) is 13.0 Å². The van der Waals surface area contributed by atoms with Crippen LogP contribution in [-0.2, 0) is 0 Å². The summed E-state index contributed by atoms with van der Waals surface area (Å²) in [4.78, 5) is 4.15. The molecule has 0 spiro atoms. The number of hydrogen-bond acceptors (Lipinski definition) is 4. The van der Waals surface area contributed by atoms with Crippen LogP contribution in [-0.4, -0.2) is 23.8 Å². The van der Waals surface area contributed by atoms with Gasteiger partial charge in [0.15, 0.2) is 0 Å². The van der Waals surface area contributed by atoms with Gasteiger partial charge in [-0.05, 0) is 25.0 Å². The molecular weight excluding hydrogens is 180 g/mol. The zero-order chi connectivity index (χ0) is 10.6. The highest BCUT2D eigenvalue weighted by Gasteiger charge is 2.08. The van der Waals surface area contributed by atoms with E-state index < -0.39 is 0 Å². The molecule has 0 aromatic carbocycles. The Labute approximate surface area is 83.7 Å². The van der Waals surface area contributed by atoms with Crippen LogP contribution >= 0.6 is 0 Å². The second-order valence-corrected chi connectivity index (χ2v) is 3.20. The molecule has 0 bridgehead atoms. The summed E-state index contributed by atoms with van der Waals surface area (Å²) in [5.74, 6) is 0.563. The van der Waals surface area contributed by atoms with E-state index in [1.54, 1.807) is 13.2 Å². The highest BCUT2D eigenvalue weighted by Crippen LogP contribution is 2.19. The lowest BCUT2D eigenvalue weighted by Crippen LogP contribution is -2.12. The summed E-state index contributed by atoms with van der Waals surface area (Å²) in [7, 11) is 1.57. The largest absolute Gasteiger partial charge is 0.481 e. The Kier molecular flexibility index (Phi) is 3.85. The quantitative estimate of drug-likeness (QED) is 0.746. The van der Waals surface area contributed by atoms with Gasteiger partial charge in [0.25, 0.3) is 0 Å². The summed E-state index contributed by atoms with van der Waals surface area (Å²) in [6.07, 6.45) is 0.548. The van der Waals surface area contributed by atoms with Gasteiger partial charge in [0.05, 0.1) is 7.11 Å². The number of methoxy groups -OCH3 is 1. The lowest BCUT2D eigenvalue weighted by Gasteiger charge is -2.12. The van der Waals surface area contributed by atoms with Crippen molar-refractivity contribution in [3.63, 3.8) is 0 Å². The summed E-state index contributed by atoms with van der Waals surface area (Å²) < 4.78 is 5.03. The molecule has 1 rings (SSSR count). The molecule has 1 atom stereocenters. The average Bonchev–Trinajstić information content (AvgIpc) is 2.17. The van der Waals surface area contributed by atoms with Crippen molar-refractivity contribution >= 4 is 0 Å². The van der Waals surface area contributed by atoms with Gasteiger partial charge in [-0.2, -0.15) is 0 Å². The molecule has 1 unspecified atom stereocenters. The summed E-state index contributed by atoms with van der Waals surface area (Å²) in [5.41, 5.74) is 7.67. The summed E-state index contributed by atoms with van der Waals surface area (Å²) >= 11 is 0. The van der Waals surface area contributed by atoms with Crippen LogP contribution in [0.2, 0.25) is 0 Å². The third-order valence-electron chi connectivity index (χ3n) is 2.03. The first kappa shape index (κ1) is 10.9. The topological polar surface area (TPSA) is 68.4 Å². The number of pyridine rings is 1. The lowest BCUT2D eigenvalue weighted by atomic mass is 10.1. The number of nitrogens with two attached hydrogens (primary N) is 1. The fraction of sp³-hybridized carbons (Fsp3) is 0.500. The maximum Gasteiger partial charge on any atom is 0.213 e. The van der Waals surface area contributed by atoms with Crippen molar-refractivity contribution in [1.29, 1.82) is 0 Å². The average molecular weight is 196 g/mol. The van der Waals surface area contributed by atoms with E-state index in [0.29, 0.717) is 12.3 Å². The number of ether oxygens (including phenoxy) is 1. The summed E-state index contributed by atoms with van der Waals surface area (Å²) in [5, 5.41) is 8.77. The standard InChI is InChI=1S/C10H16N2O2/c1-7-5-8(9(11)3-4-13)6-10(12-7)14-2/h5-6,9,13H,3-4,11H2,1-2H3. The van der Waals surface area contributed by atoms with Crippen molar-refractivity contribution in [2.75, 3.05) is 13.7 Å². The molecular formula is C10H16N2O2. The molecule has 1 aromatic rings. The predicted octanol–water partition coefficient (Wildman–Crippen LogP) is 0.781. The van der Waals surface area contributed by atoms with Crippen LogP contribution in [0.5, 0.6) is 5.88 Å². The molecule has 0 saturated carbocycles. The molecule has 0 radical (unpaired) electrons. The fourth-order valence-electron chi connectivity index (χ4n) is 1.29. The number of aliphatic hydroxyl groups excluding tert-OH is 1. The van der Waals surface area contributed by atoms with Crippen molar-refractivity contribution < 1.29 is 9.84 Å². The molecule has 1 aromatic heterocycles. The molecule has 4 heteroatoms. The van der Waals surface area contributed by atoms with Crippen LogP contribution in [0.1, 0.15) is 23.7 Å². The number of aryl methyl sites for hydroxylation is 1. The van der Waals surface area contributed by atoms with Crippen LogP contribution in [0.4, 0.5) is 0 Å². The molecule has 1 heterocycles. The molecule has 3 N–H and O–H groups in total. The number of nitrogens with zero attached hydrogens (tertiary/aromatic N) is 1. The second kappa shape index (κ2) is 4.93. The van der Waals surface area contributed by atoms with Gasteiger partial charge in [-0.25, -0.2) is 4.98 Å². The molecule has 0 aliphatic rings. The molecule has 0 aliphatic heterocycles. The summed E-state index contributed by atoms with van der Waals surface area (Å²) in [6, 6.07) is 3.55. The Bertz CT molecular complexity index is 302. The van der Waals surface area contributed by atoms with Gasteiger partial charge < -0.3 is 15.6 Å². The van der Waals surface area contributed by atoms with Gasteiger partial charge in [0.2, 0.25) is 5.88 Å². The Morgan fingerprint density at radius 1 is 1.57 bits per heavy atom. The predicted molar refractivity (Wildman–Crippen MR) is 54.2 cm³/mol. The van der Waals surface area contributed by atoms with Crippen LogP contribution in [0, 0.1) is 6.92 Å². The Morgan fingerprint density at radius 2 is 2.29 bits per heavy atom. The lowest BCUT2D eigenvalue weighted by molar-refractivity contribution is 0.276. The van der Waals surface area contributed by atoms with E-state index in [0.717, 1.165) is 11.3 Å². The van der Waals surface area contributed by atoms with Crippen LogP contribution in [0.3, 0.4) is 0 Å². The van der Waals surface area contributed by atoms with E-state index in [4.69, 9.17) is 15.6 Å². The van der Waals surface area contributed by atoms with E-state index in [1.165, 1.54) is 0 Å². The Balaban J connectivity index is 2.90. The molecule has 78 valence electrons. The van der Waals surface area contributed by atoms with E-state index in [-0.39, 0.29) is 12.6 Å². The van der Waals surface area contributed by atoms with E-state index in [2.05, 4.69) is 4.98 Å². The third-order valence-corrected chi connectivity index (χ3v) is 2.03. The molecule has 0 aliphatic carbocycles. The first-order valence-electron chi connectivity index (χ1n) is 4.56. The van der Waals surface area contributed by atoms with Crippen molar-refractivity contribution in [2.45, 2.75) is 19.4 Å². The van der Waals surface area contributed by atoms with Gasteiger partial charge >= 0.3 is 0 Å². The van der Waals surface area contributed by atoms with Gasteiger partial charge in [-0.15, -0.1) is 0 Å². The SMILES string of the molecule is COc1cc(C(N)CCO)cc(C)n1. The first-order valence-corrected chi connectivity index (χ1v) is 4.56. The maximum atomic E-state index is 8.77. The number of hydrogen-bond donors (Lipinski definition) is 2. The molecule has 4 nitrogen and oxygen atoms in total. The minimum atomic E-state index is -0.157. The summed E-state index contributed by atoms with van der Waals surface area (Å²) in [6.45, 7) is 1.97. The van der Waals surface area contributed by atoms with Crippen LogP contribution in [0.25, 0.3) is 0 Å². The van der Waals surface area contributed by atoms with Crippen LogP contribution < -0.4 is 10.5 Å². The maximum absolute atomic E-state index is 8.77. The number of aromatic nitrogens is 1. The number of aliphatic hydroxyl groups is 1. The molecule has 14 heavy (non-hydrogen) atoms. The van der Waals surface area contributed by atoms with Crippen molar-refractivity contribution in [3.8, 4) is 5.88 Å². The van der Waals surface area contributed by atoms with Crippen LogP contribution in [0.15, 0.2) is 12.1 Å². The van der Waals surface area contributed by atoms with Crippen molar-refractivity contribution in [1.82, 2.24) is 4.98 Å². The van der Waals surface area contributed by atoms with Gasteiger partial charge in [-0.3, -0.25) is 0 Å². The molecule has 0 amide bonds. The van der Waals surface area contributed by atoms with E-state index >= 15 is 0 Å². The minimum absolute atomic E-state index is 0.0881. The van der Waals surface area contributed by atoms with Crippen molar-refractivity contribution in [3.05, 3.63) is 23.4 Å². The first-order chi connectivity index (χ1) is 6.67. The monoisotopic (exact) mass is 196 g/mol. The minimum Gasteiger partial charge on any atom is -0.481 e. The zero-order valence-electron chi connectivity index (χ0n) is 8.53. The fourth-order valence-corrected chi connectivity index (χ4v) is 1.29. The molecule has 0 fully saturated rings. The Morgan fingerprint density at radius 3 is 2.86 bits per heavy atom. The normalized spacial score (nSPS) is 12.6. The highest BCUT2D eigenvalue weighted by molar-refractivity contribution is 5.27. The number of rotatable bonds is 4. The van der Waals surface area contributed by atoms with E-state index in [9.17, 15) is 0 Å². The van der Waals surface area contributed by atoms with Gasteiger partial charge in [0, 0.05) is 24.4 Å². The van der Waals surface area contributed by atoms with Gasteiger partial charge in [0.1, 0.15) is 0 Å². The highest BCUT2D eigenvalue weighted by atomic mass is 16.5. The smallest absolute Gasteiger partial charge is 0.213 e. The molecule has 0 saturated heterocycles. The Hall–Kier alpha value is -1.13. The van der Waals surface area contributed by atoms with Gasteiger partial charge in [-0.1, -0.05) is 0 Å². The third kappa shape index (κ3) is 2.68. The zero-order valence-corrected chi connectivity index (χ0v) is 8.53.